The number of likely N-dealkylation sites (tertiary alicyclic amines) is 1. The number of nitrogens with zero attached hydrogens (tertiary/aromatic N) is 5. The summed E-state index contributed by atoms with van der Waals surface area (Å²) in [4.78, 5) is 58.1. The van der Waals surface area contributed by atoms with Gasteiger partial charge in [0.15, 0.2) is 0 Å². The number of piperazine rings is 1. The summed E-state index contributed by atoms with van der Waals surface area (Å²) >= 11 is 6.40. The Labute approximate surface area is 270 Å². The molecule has 0 radical (unpaired) electrons. The van der Waals surface area contributed by atoms with Crippen LogP contribution in [0.4, 0.5) is 10.5 Å². The molecule has 2 aromatic rings. The van der Waals surface area contributed by atoms with E-state index in [-0.39, 0.29) is 43.3 Å². The summed E-state index contributed by atoms with van der Waals surface area (Å²) in [5.41, 5.74) is 2.49. The molecule has 45 heavy (non-hydrogen) atoms. The highest BCUT2D eigenvalue weighted by atomic mass is 35.5. The number of alkyl halides is 1. The van der Waals surface area contributed by atoms with Crippen LogP contribution in [0.5, 0.6) is 0 Å². The van der Waals surface area contributed by atoms with Crippen molar-refractivity contribution in [2.24, 2.45) is 0 Å². The predicted molar refractivity (Wildman–Crippen MR) is 177 cm³/mol. The molecular formula is C31H47ClN6O6Si. The lowest BCUT2D eigenvalue weighted by atomic mass is 10.0. The van der Waals surface area contributed by atoms with E-state index >= 15 is 0 Å². The Balaban J connectivity index is 1.37. The largest absolute Gasteiger partial charge is 0.444 e. The Morgan fingerprint density at radius 3 is 2.56 bits per heavy atom. The van der Waals surface area contributed by atoms with Gasteiger partial charge in [0.05, 0.1) is 16.7 Å². The van der Waals surface area contributed by atoms with Crippen LogP contribution in [0.3, 0.4) is 0 Å². The maximum Gasteiger partial charge on any atom is 0.410 e. The van der Waals surface area contributed by atoms with Crippen molar-refractivity contribution >= 4 is 54.3 Å². The Bertz CT molecular complexity index is 1510. The lowest BCUT2D eigenvalue weighted by Crippen LogP contribution is -2.55. The maximum atomic E-state index is 13.8. The summed E-state index contributed by atoms with van der Waals surface area (Å²) in [7, 11) is -1.32. The van der Waals surface area contributed by atoms with E-state index in [1.807, 2.05) is 32.9 Å². The van der Waals surface area contributed by atoms with Crippen LogP contribution in [0, 0.1) is 0 Å². The van der Waals surface area contributed by atoms with Gasteiger partial charge in [-0.05, 0) is 44.9 Å². The number of hydrogen-bond donors (Lipinski definition) is 1. The van der Waals surface area contributed by atoms with Crippen molar-refractivity contribution in [3.63, 3.8) is 0 Å². The van der Waals surface area contributed by atoms with Gasteiger partial charge in [0.2, 0.25) is 5.91 Å². The molecular weight excluding hydrogens is 616 g/mol. The molecule has 0 aliphatic carbocycles. The first-order chi connectivity index (χ1) is 21.2. The van der Waals surface area contributed by atoms with Gasteiger partial charge in [0.25, 0.3) is 5.91 Å². The van der Waals surface area contributed by atoms with Crippen molar-refractivity contribution in [1.29, 1.82) is 0 Å². The molecule has 2 saturated heterocycles. The number of benzene rings is 1. The number of anilines is 1. The number of carbonyl (C=O) groups excluding carboxylic acids is 3. The molecule has 3 aliphatic heterocycles. The molecule has 1 aromatic carbocycles. The third-order valence-corrected chi connectivity index (χ3v) is 10.7. The predicted octanol–water partition coefficient (Wildman–Crippen LogP) is 3.89. The van der Waals surface area contributed by atoms with Crippen LogP contribution in [-0.2, 0) is 32.2 Å². The molecule has 1 aromatic heterocycles. The van der Waals surface area contributed by atoms with E-state index in [0.717, 1.165) is 22.8 Å². The van der Waals surface area contributed by atoms with E-state index < -0.39 is 25.6 Å². The molecule has 0 spiro atoms. The molecule has 3 aliphatic rings. The van der Waals surface area contributed by atoms with Crippen LogP contribution in [0.1, 0.15) is 45.2 Å². The van der Waals surface area contributed by atoms with Gasteiger partial charge >= 0.3 is 11.8 Å². The normalized spacial score (nSPS) is 21.4. The van der Waals surface area contributed by atoms with Gasteiger partial charge in [-0.3, -0.25) is 28.5 Å². The van der Waals surface area contributed by atoms with Gasteiger partial charge in [0.1, 0.15) is 18.4 Å². The monoisotopic (exact) mass is 662 g/mol. The van der Waals surface area contributed by atoms with E-state index in [9.17, 15) is 19.2 Å². The van der Waals surface area contributed by atoms with Gasteiger partial charge in [0, 0.05) is 72.3 Å². The number of carbonyl (C=O) groups is 3. The third kappa shape index (κ3) is 7.26. The van der Waals surface area contributed by atoms with Crippen LogP contribution in [0.15, 0.2) is 16.9 Å². The summed E-state index contributed by atoms with van der Waals surface area (Å²) in [5.74, 6) is -0.312. The minimum atomic E-state index is -1.32. The van der Waals surface area contributed by atoms with E-state index in [0.29, 0.717) is 57.3 Å². The Kier molecular flexibility index (Phi) is 9.74. The van der Waals surface area contributed by atoms with Gasteiger partial charge < -0.3 is 19.7 Å². The fourth-order valence-electron chi connectivity index (χ4n) is 6.24. The summed E-state index contributed by atoms with van der Waals surface area (Å²) < 4.78 is 14.7. The van der Waals surface area contributed by atoms with E-state index in [1.54, 1.807) is 14.0 Å². The molecule has 5 rings (SSSR count). The minimum absolute atomic E-state index is 0.0671. The standard InChI is InChI=1S/C31H47ClN6O6Si/c1-31(2,3)44-30(42)35-14-13-34(22(17-32)19-35)18-21-7-8-23-27-26(21)33-11-12-36(27)29(41)38(23)24-9-10-25(39)37(28(24)40)20-43-15-16-45(4,5)6/h7-8,22,24,33H,9-20H2,1-6H3/t22-,24?/m0/s1. The van der Waals surface area contributed by atoms with E-state index in [4.69, 9.17) is 21.1 Å². The van der Waals surface area contributed by atoms with Crippen LogP contribution in [0.25, 0.3) is 11.0 Å². The zero-order valence-corrected chi connectivity index (χ0v) is 29.1. The van der Waals surface area contributed by atoms with Crippen molar-refractivity contribution in [2.75, 3.05) is 50.7 Å². The molecule has 2 atom stereocenters. The van der Waals surface area contributed by atoms with Gasteiger partial charge in [-0.15, -0.1) is 11.6 Å². The SMILES string of the molecule is CC(C)(C)OC(=O)N1CCN(Cc2ccc3c4c2NCCn4c(=O)n3C2CCC(=O)N(COCC[Si](C)(C)C)C2=O)[C@@H](CCl)C1. The lowest BCUT2D eigenvalue weighted by molar-refractivity contribution is -0.157. The summed E-state index contributed by atoms with van der Waals surface area (Å²) in [6.07, 6.45) is 0.105. The Morgan fingerprint density at radius 2 is 1.87 bits per heavy atom. The zero-order valence-electron chi connectivity index (χ0n) is 27.4. The number of ether oxygens (including phenoxy) is 2. The highest BCUT2D eigenvalue weighted by molar-refractivity contribution is 6.76. The molecule has 1 N–H and O–H groups in total. The first-order valence-electron chi connectivity index (χ1n) is 15.9. The zero-order chi connectivity index (χ0) is 32.7. The van der Waals surface area contributed by atoms with Crippen LogP contribution < -0.4 is 11.0 Å². The quantitative estimate of drug-likeness (QED) is 0.186. The van der Waals surface area contributed by atoms with Gasteiger partial charge in [-0.25, -0.2) is 9.59 Å². The average Bonchev–Trinajstić information content (AvgIpc) is 3.25. The number of aromatic nitrogens is 2. The van der Waals surface area contributed by atoms with Crippen molar-refractivity contribution in [2.45, 2.75) is 90.1 Å². The number of nitrogens with one attached hydrogen (secondary N) is 1. The molecule has 248 valence electrons. The smallest absolute Gasteiger partial charge is 0.410 e. The molecule has 2 fully saturated rings. The van der Waals surface area contributed by atoms with Crippen LogP contribution >= 0.6 is 11.6 Å². The second-order valence-electron chi connectivity index (χ2n) is 14.5. The number of amides is 3. The molecule has 14 heteroatoms. The average molecular weight is 663 g/mol. The summed E-state index contributed by atoms with van der Waals surface area (Å²) in [6, 6.07) is 3.99. The first-order valence-corrected chi connectivity index (χ1v) is 20.1. The van der Waals surface area contributed by atoms with Gasteiger partial charge in [-0.2, -0.15) is 0 Å². The first kappa shape index (κ1) is 33.5. The van der Waals surface area contributed by atoms with E-state index in [2.05, 4.69) is 29.9 Å². The molecule has 0 saturated carbocycles. The number of imidazole rings is 1. The highest BCUT2D eigenvalue weighted by Crippen LogP contribution is 2.34. The van der Waals surface area contributed by atoms with Crippen molar-refractivity contribution < 1.29 is 23.9 Å². The summed E-state index contributed by atoms with van der Waals surface area (Å²) in [5, 5.41) is 3.50. The Hall–Kier alpha value is -2.87. The fourth-order valence-corrected chi connectivity index (χ4v) is 7.29. The number of halogens is 1. The molecule has 4 heterocycles. The second-order valence-corrected chi connectivity index (χ2v) is 20.4. The van der Waals surface area contributed by atoms with E-state index in [1.165, 1.54) is 4.90 Å². The molecule has 3 amide bonds. The molecule has 1 unspecified atom stereocenters. The molecule has 12 nitrogen and oxygen atoms in total. The van der Waals surface area contributed by atoms with Crippen LogP contribution in [-0.4, -0.2) is 107 Å². The molecule has 0 bridgehead atoms. The highest BCUT2D eigenvalue weighted by Gasteiger charge is 2.39. The maximum absolute atomic E-state index is 13.8. The van der Waals surface area contributed by atoms with Gasteiger partial charge in [-0.1, -0.05) is 25.7 Å². The number of rotatable bonds is 9. The number of hydrogen-bond acceptors (Lipinski definition) is 8. The number of imide groups is 1. The fraction of sp³-hybridized carbons (Fsp3) is 0.677. The minimum Gasteiger partial charge on any atom is -0.444 e. The van der Waals surface area contributed by atoms with Crippen molar-refractivity contribution in [1.82, 2.24) is 23.8 Å². The van der Waals surface area contributed by atoms with Crippen molar-refractivity contribution in [3.8, 4) is 0 Å². The third-order valence-electron chi connectivity index (χ3n) is 8.67. The topological polar surface area (TPSA) is 118 Å². The summed E-state index contributed by atoms with van der Waals surface area (Å²) in [6.45, 7) is 15.9. The lowest BCUT2D eigenvalue weighted by Gasteiger charge is -2.41. The van der Waals surface area contributed by atoms with Crippen molar-refractivity contribution in [3.05, 3.63) is 28.2 Å². The van der Waals surface area contributed by atoms with Crippen LogP contribution in [0.2, 0.25) is 25.7 Å². The number of piperidine rings is 1. The second kappa shape index (κ2) is 13.1. The Morgan fingerprint density at radius 1 is 1.11 bits per heavy atom.